The van der Waals surface area contributed by atoms with Gasteiger partial charge < -0.3 is 9.88 Å². The summed E-state index contributed by atoms with van der Waals surface area (Å²) in [6.07, 6.45) is 1.00. The lowest BCUT2D eigenvalue weighted by atomic mass is 9.97. The van der Waals surface area contributed by atoms with Gasteiger partial charge in [-0.2, -0.15) is 0 Å². The number of halogens is 1. The van der Waals surface area contributed by atoms with Crippen molar-refractivity contribution < 1.29 is 9.18 Å². The normalized spacial score (nSPS) is 13.1. The van der Waals surface area contributed by atoms with E-state index in [1.807, 2.05) is 36.7 Å². The molecule has 0 aliphatic rings. The second-order valence-corrected chi connectivity index (χ2v) is 8.33. The van der Waals surface area contributed by atoms with E-state index in [1.165, 1.54) is 23.9 Å². The first-order chi connectivity index (χ1) is 13.9. The van der Waals surface area contributed by atoms with Crippen LogP contribution in [0.2, 0.25) is 0 Å². The highest BCUT2D eigenvalue weighted by Crippen LogP contribution is 2.29. The van der Waals surface area contributed by atoms with Crippen molar-refractivity contribution >= 4 is 23.4 Å². The first-order valence-corrected chi connectivity index (χ1v) is 10.5. The zero-order valence-electron chi connectivity index (χ0n) is 17.0. The van der Waals surface area contributed by atoms with Crippen LogP contribution in [0, 0.1) is 5.82 Å². The van der Waals surface area contributed by atoms with Gasteiger partial charge in [0.05, 0.1) is 5.25 Å². The van der Waals surface area contributed by atoms with E-state index >= 15 is 0 Å². The smallest absolute Gasteiger partial charge is 0.237 e. The number of carbonyl (C=O) groups is 1. The van der Waals surface area contributed by atoms with Crippen molar-refractivity contribution in [1.29, 1.82) is 0 Å². The zero-order chi connectivity index (χ0) is 21.0. The summed E-state index contributed by atoms with van der Waals surface area (Å²) in [6, 6.07) is 14.0. The third-order valence-electron chi connectivity index (χ3n) is 4.95. The molecule has 1 amide bonds. The number of nitrogens with zero attached hydrogens (tertiary/aromatic N) is 3. The Morgan fingerprint density at radius 2 is 1.83 bits per heavy atom. The fraction of sp³-hybridized carbons (Fsp3) is 0.318. The van der Waals surface area contributed by atoms with Gasteiger partial charge in [0.25, 0.3) is 0 Å². The molecule has 5 nitrogen and oxygen atoms in total. The number of rotatable bonds is 7. The molecule has 0 bridgehead atoms. The van der Waals surface area contributed by atoms with Crippen molar-refractivity contribution in [2.45, 2.75) is 43.5 Å². The summed E-state index contributed by atoms with van der Waals surface area (Å²) in [5, 5.41) is 11.7. The molecular formula is C22H25FN4OS. The molecular weight excluding hydrogens is 387 g/mol. The first-order valence-electron chi connectivity index (χ1n) is 9.62. The highest BCUT2D eigenvalue weighted by Gasteiger charge is 2.21. The number of amides is 1. The lowest BCUT2D eigenvalue weighted by Gasteiger charge is -2.17. The molecule has 0 saturated carbocycles. The van der Waals surface area contributed by atoms with Crippen LogP contribution >= 0.6 is 11.8 Å². The predicted octanol–water partition coefficient (Wildman–Crippen LogP) is 5.25. The lowest BCUT2D eigenvalue weighted by Crippen LogP contribution is -2.23. The summed E-state index contributed by atoms with van der Waals surface area (Å²) in [6.45, 7) is 6.13. The maximum atomic E-state index is 13.2. The molecule has 0 spiro atoms. The van der Waals surface area contributed by atoms with E-state index in [1.54, 1.807) is 12.1 Å². The molecule has 3 aromatic rings. The SMILES string of the molecule is CC[C@@H](C)c1ccccc1NC(=O)[C@@H](C)Sc1nnc(-c2ccc(F)cc2)n1C. The monoisotopic (exact) mass is 412 g/mol. The molecule has 0 aliphatic heterocycles. The molecule has 0 saturated heterocycles. The maximum Gasteiger partial charge on any atom is 0.237 e. The van der Waals surface area contributed by atoms with Gasteiger partial charge in [-0.25, -0.2) is 4.39 Å². The second-order valence-electron chi connectivity index (χ2n) is 7.02. The summed E-state index contributed by atoms with van der Waals surface area (Å²) in [5.74, 6) is 0.610. The predicted molar refractivity (Wildman–Crippen MR) is 115 cm³/mol. The average Bonchev–Trinajstić information content (AvgIpc) is 3.08. The van der Waals surface area contributed by atoms with Crippen LogP contribution < -0.4 is 5.32 Å². The van der Waals surface area contributed by atoms with Gasteiger partial charge in [0.15, 0.2) is 11.0 Å². The quantitative estimate of drug-likeness (QED) is 0.538. The minimum atomic E-state index is -0.357. The third-order valence-corrected chi connectivity index (χ3v) is 6.08. The van der Waals surface area contributed by atoms with Gasteiger partial charge >= 0.3 is 0 Å². The number of carbonyl (C=O) groups excluding carboxylic acids is 1. The molecule has 152 valence electrons. The van der Waals surface area contributed by atoms with Crippen molar-refractivity contribution in [3.05, 3.63) is 59.9 Å². The number of hydrogen-bond donors (Lipinski definition) is 1. The maximum absolute atomic E-state index is 13.2. The van der Waals surface area contributed by atoms with Crippen LogP contribution in [0.3, 0.4) is 0 Å². The third kappa shape index (κ3) is 4.85. The highest BCUT2D eigenvalue weighted by atomic mass is 32.2. The molecule has 0 aliphatic carbocycles. The lowest BCUT2D eigenvalue weighted by molar-refractivity contribution is -0.115. The number of benzene rings is 2. The van der Waals surface area contributed by atoms with Gasteiger partial charge in [0.2, 0.25) is 5.91 Å². The van der Waals surface area contributed by atoms with Crippen molar-refractivity contribution in [1.82, 2.24) is 14.8 Å². The Morgan fingerprint density at radius 1 is 1.14 bits per heavy atom. The van der Waals surface area contributed by atoms with Gasteiger partial charge in [-0.05, 0) is 55.2 Å². The van der Waals surface area contributed by atoms with E-state index in [0.29, 0.717) is 16.9 Å². The van der Waals surface area contributed by atoms with E-state index in [2.05, 4.69) is 35.4 Å². The molecule has 1 N–H and O–H groups in total. The summed E-state index contributed by atoms with van der Waals surface area (Å²) in [7, 11) is 1.84. The van der Waals surface area contributed by atoms with Crippen LogP contribution in [-0.2, 0) is 11.8 Å². The first kappa shape index (κ1) is 21.0. The Balaban J connectivity index is 1.72. The van der Waals surface area contributed by atoms with Gasteiger partial charge in [0.1, 0.15) is 5.82 Å². The van der Waals surface area contributed by atoms with Crippen molar-refractivity contribution in [2.24, 2.45) is 7.05 Å². The fourth-order valence-electron chi connectivity index (χ4n) is 2.97. The molecule has 0 radical (unpaired) electrons. The van der Waals surface area contributed by atoms with E-state index in [-0.39, 0.29) is 17.0 Å². The van der Waals surface area contributed by atoms with E-state index in [4.69, 9.17) is 0 Å². The van der Waals surface area contributed by atoms with E-state index in [9.17, 15) is 9.18 Å². The molecule has 7 heteroatoms. The number of anilines is 1. The minimum Gasteiger partial charge on any atom is -0.325 e. The van der Waals surface area contributed by atoms with E-state index < -0.39 is 0 Å². The number of aromatic nitrogens is 3. The Hall–Kier alpha value is -2.67. The molecule has 0 unspecified atom stereocenters. The van der Waals surface area contributed by atoms with Crippen LogP contribution in [0.15, 0.2) is 53.7 Å². The number of hydrogen-bond acceptors (Lipinski definition) is 4. The Kier molecular flexibility index (Phi) is 6.69. The van der Waals surface area contributed by atoms with Crippen molar-refractivity contribution in [3.63, 3.8) is 0 Å². The molecule has 29 heavy (non-hydrogen) atoms. The van der Waals surface area contributed by atoms with Gasteiger partial charge in [-0.3, -0.25) is 4.79 Å². The van der Waals surface area contributed by atoms with Gasteiger partial charge in [0, 0.05) is 18.3 Å². The average molecular weight is 413 g/mol. The summed E-state index contributed by atoms with van der Waals surface area (Å²) >= 11 is 1.34. The Labute approximate surface area is 174 Å². The Bertz CT molecular complexity index is 987. The standard InChI is InChI=1S/C22H25FN4OS/c1-5-14(2)18-8-6-7-9-19(18)24-21(28)15(3)29-22-26-25-20(27(22)4)16-10-12-17(23)13-11-16/h6-15H,5H2,1-4H3,(H,24,28)/t14-,15-/m1/s1. The molecule has 2 atom stereocenters. The largest absolute Gasteiger partial charge is 0.325 e. The molecule has 2 aromatic carbocycles. The summed E-state index contributed by atoms with van der Waals surface area (Å²) in [4.78, 5) is 12.8. The molecule has 0 fully saturated rings. The van der Waals surface area contributed by atoms with E-state index in [0.717, 1.165) is 23.2 Å². The van der Waals surface area contributed by atoms with Crippen LogP contribution in [0.25, 0.3) is 11.4 Å². The van der Waals surface area contributed by atoms with Crippen LogP contribution in [0.5, 0.6) is 0 Å². The van der Waals surface area contributed by atoms with Crippen LogP contribution in [0.1, 0.15) is 38.7 Å². The van der Waals surface area contributed by atoms with Gasteiger partial charge in [-0.15, -0.1) is 10.2 Å². The van der Waals surface area contributed by atoms with Crippen LogP contribution in [-0.4, -0.2) is 25.9 Å². The van der Waals surface area contributed by atoms with Crippen molar-refractivity contribution in [2.75, 3.05) is 5.32 Å². The highest BCUT2D eigenvalue weighted by molar-refractivity contribution is 8.00. The zero-order valence-corrected chi connectivity index (χ0v) is 17.8. The fourth-order valence-corrected chi connectivity index (χ4v) is 3.79. The molecule has 1 heterocycles. The molecule has 3 rings (SSSR count). The summed E-state index contributed by atoms with van der Waals surface area (Å²) < 4.78 is 15.0. The number of para-hydroxylation sites is 1. The second kappa shape index (κ2) is 9.22. The summed E-state index contributed by atoms with van der Waals surface area (Å²) in [5.41, 5.74) is 2.76. The van der Waals surface area contributed by atoms with Gasteiger partial charge in [-0.1, -0.05) is 43.8 Å². The number of thioether (sulfide) groups is 1. The van der Waals surface area contributed by atoms with Crippen LogP contribution in [0.4, 0.5) is 10.1 Å². The van der Waals surface area contributed by atoms with Crippen molar-refractivity contribution in [3.8, 4) is 11.4 Å². The molecule has 1 aromatic heterocycles. The number of nitrogens with one attached hydrogen (secondary N) is 1. The Morgan fingerprint density at radius 3 is 2.52 bits per heavy atom. The topological polar surface area (TPSA) is 59.8 Å². The minimum absolute atomic E-state index is 0.0860.